The number of rotatable bonds is 4. The van der Waals surface area contributed by atoms with E-state index in [-0.39, 0.29) is 5.41 Å². The van der Waals surface area contributed by atoms with E-state index < -0.39 is 0 Å². The van der Waals surface area contributed by atoms with Gasteiger partial charge in [-0.15, -0.1) is 0 Å². The zero-order valence-electron chi connectivity index (χ0n) is 33.1. The molecular formula is C59H40. The van der Waals surface area contributed by atoms with Gasteiger partial charge in [0, 0.05) is 5.41 Å². The molecule has 1 aliphatic rings. The van der Waals surface area contributed by atoms with Crippen LogP contribution in [0.25, 0.3) is 109 Å². The van der Waals surface area contributed by atoms with Crippen molar-refractivity contribution in [2.75, 3.05) is 0 Å². The van der Waals surface area contributed by atoms with Crippen molar-refractivity contribution >= 4 is 53.9 Å². The summed E-state index contributed by atoms with van der Waals surface area (Å²) >= 11 is 0. The first kappa shape index (κ1) is 33.8. The van der Waals surface area contributed by atoms with E-state index >= 15 is 0 Å². The van der Waals surface area contributed by atoms with Crippen LogP contribution in [0, 0.1) is 0 Å². The SMILES string of the molecule is CC1(C)c2ccccc2-c2ccc(-c3cc(-c4cc5ccccc5c5ccccc45)cc(-c4cc5ccc(-c6ccc7ccccc7c6)cc5c5ccccc45)c3)cc21. The monoisotopic (exact) mass is 748 g/mol. The molecule has 0 spiro atoms. The van der Waals surface area contributed by atoms with E-state index in [1.54, 1.807) is 0 Å². The lowest BCUT2D eigenvalue weighted by Gasteiger charge is -2.22. The number of fused-ring (bicyclic) bond motifs is 10. The maximum atomic E-state index is 2.46. The predicted molar refractivity (Wildman–Crippen MR) is 253 cm³/mol. The van der Waals surface area contributed by atoms with Gasteiger partial charge in [-0.2, -0.15) is 0 Å². The van der Waals surface area contributed by atoms with Gasteiger partial charge in [0.15, 0.2) is 0 Å². The van der Waals surface area contributed by atoms with Crippen LogP contribution >= 0.6 is 0 Å². The van der Waals surface area contributed by atoms with Gasteiger partial charge in [0.25, 0.3) is 0 Å². The third-order valence-corrected chi connectivity index (χ3v) is 13.2. The van der Waals surface area contributed by atoms with E-state index in [1.807, 2.05) is 0 Å². The molecule has 0 saturated heterocycles. The molecule has 1 aliphatic carbocycles. The van der Waals surface area contributed by atoms with E-state index in [0.717, 1.165) is 0 Å². The predicted octanol–water partition coefficient (Wildman–Crippen LogP) is 16.4. The van der Waals surface area contributed by atoms with Gasteiger partial charge >= 0.3 is 0 Å². The highest BCUT2D eigenvalue weighted by molar-refractivity contribution is 6.16. The topological polar surface area (TPSA) is 0 Å². The summed E-state index contributed by atoms with van der Waals surface area (Å²) < 4.78 is 0. The Morgan fingerprint density at radius 3 is 1.44 bits per heavy atom. The molecule has 0 heterocycles. The smallest absolute Gasteiger partial charge is 0.0159 e. The molecular weight excluding hydrogens is 709 g/mol. The molecule has 0 unspecified atom stereocenters. The average molecular weight is 749 g/mol. The van der Waals surface area contributed by atoms with Crippen LogP contribution in [-0.2, 0) is 5.41 Å². The van der Waals surface area contributed by atoms with Crippen LogP contribution in [0.1, 0.15) is 25.0 Å². The van der Waals surface area contributed by atoms with Crippen molar-refractivity contribution in [1.29, 1.82) is 0 Å². The van der Waals surface area contributed by atoms with Gasteiger partial charge in [-0.3, -0.25) is 0 Å². The van der Waals surface area contributed by atoms with Crippen molar-refractivity contribution in [2.24, 2.45) is 0 Å². The van der Waals surface area contributed by atoms with Gasteiger partial charge in [-0.25, -0.2) is 0 Å². The second-order valence-electron chi connectivity index (χ2n) is 16.9. The van der Waals surface area contributed by atoms with Crippen LogP contribution in [0.4, 0.5) is 0 Å². The average Bonchev–Trinajstić information content (AvgIpc) is 3.53. The summed E-state index contributed by atoms with van der Waals surface area (Å²) in [5.41, 5.74) is 15.3. The zero-order chi connectivity index (χ0) is 39.2. The third kappa shape index (κ3) is 5.30. The van der Waals surface area contributed by atoms with Gasteiger partial charge in [0.2, 0.25) is 0 Å². The maximum absolute atomic E-state index is 2.46. The van der Waals surface area contributed by atoms with Crippen LogP contribution in [0.3, 0.4) is 0 Å². The minimum Gasteiger partial charge on any atom is -0.0619 e. The molecule has 11 aromatic rings. The molecule has 0 fully saturated rings. The maximum Gasteiger partial charge on any atom is 0.0159 e. The summed E-state index contributed by atoms with van der Waals surface area (Å²) in [6.45, 7) is 4.74. The number of hydrogen-bond donors (Lipinski definition) is 0. The highest BCUT2D eigenvalue weighted by Crippen LogP contribution is 2.50. The van der Waals surface area contributed by atoms with E-state index in [9.17, 15) is 0 Å². The Bertz CT molecular complexity index is 3530. The second-order valence-corrected chi connectivity index (χ2v) is 16.9. The molecule has 0 heteroatoms. The molecule has 59 heavy (non-hydrogen) atoms. The van der Waals surface area contributed by atoms with E-state index in [1.165, 1.54) is 121 Å². The second kappa shape index (κ2) is 12.9. The minimum absolute atomic E-state index is 0.0861. The van der Waals surface area contributed by atoms with Gasteiger partial charge in [0.05, 0.1) is 0 Å². The number of hydrogen-bond acceptors (Lipinski definition) is 0. The molecule has 12 rings (SSSR count). The standard InChI is InChI=1S/C59H40/c1-59(2)57-22-12-11-21-52(57)53-28-27-41(36-58(53)59)44-30-45(55-34-42-15-5-6-16-47(42)48-17-7-8-18-49(48)55)32-46(31-44)56-35-43-26-25-40(33-54(43)50-19-9-10-20-51(50)56)39-24-23-37-13-3-4-14-38(37)29-39/h3-36H,1-2H3. The Morgan fingerprint density at radius 2 is 0.712 bits per heavy atom. The first-order chi connectivity index (χ1) is 29.0. The fraction of sp³-hybridized carbons (Fsp3) is 0.0508. The number of benzene rings is 11. The van der Waals surface area contributed by atoms with Crippen molar-refractivity contribution in [2.45, 2.75) is 19.3 Å². The van der Waals surface area contributed by atoms with Gasteiger partial charge in [0.1, 0.15) is 0 Å². The van der Waals surface area contributed by atoms with Crippen molar-refractivity contribution in [3.8, 4) is 55.6 Å². The molecule has 0 amide bonds. The van der Waals surface area contributed by atoms with E-state index in [4.69, 9.17) is 0 Å². The Hall–Kier alpha value is -7.28. The van der Waals surface area contributed by atoms with Crippen LogP contribution in [0.15, 0.2) is 206 Å². The molecule has 0 radical (unpaired) electrons. The molecule has 11 aromatic carbocycles. The summed E-state index contributed by atoms with van der Waals surface area (Å²) in [4.78, 5) is 0. The largest absolute Gasteiger partial charge is 0.0619 e. The fourth-order valence-corrected chi connectivity index (χ4v) is 10.2. The van der Waals surface area contributed by atoms with Gasteiger partial charge in [-0.1, -0.05) is 172 Å². The molecule has 0 N–H and O–H groups in total. The summed E-state index contributed by atoms with van der Waals surface area (Å²) in [5, 5.41) is 12.6. The lowest BCUT2D eigenvalue weighted by Crippen LogP contribution is -2.14. The molecule has 0 bridgehead atoms. The lowest BCUT2D eigenvalue weighted by molar-refractivity contribution is 0.660. The van der Waals surface area contributed by atoms with Crippen LogP contribution < -0.4 is 0 Å². The van der Waals surface area contributed by atoms with Gasteiger partial charge < -0.3 is 0 Å². The third-order valence-electron chi connectivity index (χ3n) is 13.2. The zero-order valence-corrected chi connectivity index (χ0v) is 33.1. The highest BCUT2D eigenvalue weighted by atomic mass is 14.4. The first-order valence-electron chi connectivity index (χ1n) is 20.7. The Morgan fingerprint density at radius 1 is 0.237 bits per heavy atom. The van der Waals surface area contributed by atoms with Gasteiger partial charge in [-0.05, 0) is 169 Å². The van der Waals surface area contributed by atoms with Crippen molar-refractivity contribution in [3.05, 3.63) is 217 Å². The van der Waals surface area contributed by atoms with Crippen molar-refractivity contribution < 1.29 is 0 Å². The first-order valence-corrected chi connectivity index (χ1v) is 20.7. The molecule has 0 aromatic heterocycles. The fourth-order valence-electron chi connectivity index (χ4n) is 10.2. The highest BCUT2D eigenvalue weighted by Gasteiger charge is 2.35. The Kier molecular flexibility index (Phi) is 7.38. The summed E-state index contributed by atoms with van der Waals surface area (Å²) in [6, 6.07) is 77.3. The molecule has 0 nitrogen and oxygen atoms in total. The molecule has 276 valence electrons. The lowest BCUT2D eigenvalue weighted by atomic mass is 9.81. The summed E-state index contributed by atoms with van der Waals surface area (Å²) in [7, 11) is 0. The quantitative estimate of drug-likeness (QED) is 0.157. The van der Waals surface area contributed by atoms with Crippen LogP contribution in [0.5, 0.6) is 0 Å². The molecule has 0 atom stereocenters. The Balaban J connectivity index is 1.10. The van der Waals surface area contributed by atoms with E-state index in [2.05, 4.69) is 220 Å². The summed E-state index contributed by atoms with van der Waals surface area (Å²) in [5.74, 6) is 0. The van der Waals surface area contributed by atoms with E-state index in [0.29, 0.717) is 0 Å². The summed E-state index contributed by atoms with van der Waals surface area (Å²) in [6.07, 6.45) is 0. The van der Waals surface area contributed by atoms with Crippen molar-refractivity contribution in [1.82, 2.24) is 0 Å². The minimum atomic E-state index is -0.0861. The molecule has 0 aliphatic heterocycles. The normalized spacial score (nSPS) is 13.1. The molecule has 0 saturated carbocycles. The Labute approximate surface area is 344 Å². The van der Waals surface area contributed by atoms with Crippen LogP contribution in [-0.4, -0.2) is 0 Å². The van der Waals surface area contributed by atoms with Crippen LogP contribution in [0.2, 0.25) is 0 Å². The van der Waals surface area contributed by atoms with Crippen molar-refractivity contribution in [3.63, 3.8) is 0 Å².